The van der Waals surface area contributed by atoms with Gasteiger partial charge in [-0.2, -0.15) is 11.8 Å². The van der Waals surface area contributed by atoms with Crippen LogP contribution in [0.1, 0.15) is 84.8 Å². The quantitative estimate of drug-likeness (QED) is 0.257. The molecule has 3 aromatic carbocycles. The predicted molar refractivity (Wildman–Crippen MR) is 152 cm³/mol. The zero-order chi connectivity index (χ0) is 24.7. The molecule has 1 nitrogen and oxygen atoms in total. The van der Waals surface area contributed by atoms with Crippen LogP contribution in [0.2, 0.25) is 0 Å². The van der Waals surface area contributed by atoms with Crippen LogP contribution in [0.3, 0.4) is 0 Å². The summed E-state index contributed by atoms with van der Waals surface area (Å²) in [6.07, 6.45) is 3.51. The molecule has 3 atom stereocenters. The summed E-state index contributed by atoms with van der Waals surface area (Å²) in [5, 5.41) is 3.20. The summed E-state index contributed by atoms with van der Waals surface area (Å²) in [7, 11) is 0. The Balaban J connectivity index is 1.57. The second kappa shape index (κ2) is 12.2. The molecule has 0 aromatic heterocycles. The van der Waals surface area contributed by atoms with E-state index in [1.165, 1.54) is 34.7 Å². The highest BCUT2D eigenvalue weighted by Gasteiger charge is 2.24. The number of ether oxygens (including phenoxy) is 1. The van der Waals surface area contributed by atoms with Gasteiger partial charge in [-0.15, -0.1) is 0 Å². The SMILES string of the molecule is CCC(C)CC(c1ccc(OC(C)(C)CC(C)SCc2cccc3ccccc23)cc1)C(C)C. The van der Waals surface area contributed by atoms with E-state index in [-0.39, 0.29) is 5.60 Å². The molecule has 0 fully saturated rings. The van der Waals surface area contributed by atoms with Crippen molar-refractivity contribution in [1.29, 1.82) is 0 Å². The van der Waals surface area contributed by atoms with Crippen molar-refractivity contribution >= 4 is 22.5 Å². The van der Waals surface area contributed by atoms with Crippen LogP contribution in [0, 0.1) is 11.8 Å². The molecule has 0 spiro atoms. The van der Waals surface area contributed by atoms with E-state index in [0.29, 0.717) is 17.1 Å². The minimum Gasteiger partial charge on any atom is -0.488 e. The van der Waals surface area contributed by atoms with Crippen molar-refractivity contribution in [2.24, 2.45) is 11.8 Å². The maximum Gasteiger partial charge on any atom is 0.120 e. The van der Waals surface area contributed by atoms with Gasteiger partial charge in [0.25, 0.3) is 0 Å². The van der Waals surface area contributed by atoms with Gasteiger partial charge in [-0.05, 0) is 78.5 Å². The predicted octanol–water partition coefficient (Wildman–Crippen LogP) is 9.88. The molecule has 2 heteroatoms. The molecule has 0 saturated heterocycles. The van der Waals surface area contributed by atoms with Crippen LogP contribution in [0.15, 0.2) is 66.7 Å². The first-order valence-electron chi connectivity index (χ1n) is 13.1. The van der Waals surface area contributed by atoms with Crippen LogP contribution in [0.5, 0.6) is 5.75 Å². The van der Waals surface area contributed by atoms with Crippen LogP contribution in [0.25, 0.3) is 10.8 Å². The van der Waals surface area contributed by atoms with Crippen molar-refractivity contribution in [3.05, 3.63) is 77.9 Å². The standard InChI is InChI=1S/C32H44OS/c1-8-24(4)20-31(23(2)3)27-16-18-29(19-17-27)33-32(6,7)21-25(5)34-22-28-14-11-13-26-12-9-10-15-30(26)28/h9-19,23-25,31H,8,20-22H2,1-7H3. The van der Waals surface area contributed by atoms with E-state index in [4.69, 9.17) is 4.74 Å². The van der Waals surface area contributed by atoms with E-state index in [9.17, 15) is 0 Å². The van der Waals surface area contributed by atoms with E-state index >= 15 is 0 Å². The zero-order valence-corrected chi connectivity index (χ0v) is 23.1. The van der Waals surface area contributed by atoms with Gasteiger partial charge < -0.3 is 4.74 Å². The Labute approximate surface area is 212 Å². The van der Waals surface area contributed by atoms with Gasteiger partial charge in [-0.3, -0.25) is 0 Å². The van der Waals surface area contributed by atoms with Gasteiger partial charge >= 0.3 is 0 Å². The van der Waals surface area contributed by atoms with Crippen molar-refractivity contribution in [2.45, 2.75) is 90.3 Å². The third-order valence-electron chi connectivity index (χ3n) is 7.04. The molecule has 0 aliphatic heterocycles. The molecule has 0 aliphatic rings. The lowest BCUT2D eigenvalue weighted by atomic mass is 9.81. The lowest BCUT2D eigenvalue weighted by molar-refractivity contribution is 0.100. The van der Waals surface area contributed by atoms with Gasteiger partial charge in [-0.25, -0.2) is 0 Å². The normalized spacial score (nSPS) is 14.8. The Morgan fingerprint density at radius 1 is 0.853 bits per heavy atom. The van der Waals surface area contributed by atoms with E-state index in [2.05, 4.69) is 115 Å². The third kappa shape index (κ3) is 7.54. The van der Waals surface area contributed by atoms with Crippen LogP contribution in [-0.4, -0.2) is 10.9 Å². The fraction of sp³-hybridized carbons (Fsp3) is 0.500. The summed E-state index contributed by atoms with van der Waals surface area (Å²) in [5.74, 6) is 4.03. The van der Waals surface area contributed by atoms with Crippen LogP contribution >= 0.6 is 11.8 Å². The minimum absolute atomic E-state index is 0.207. The minimum atomic E-state index is -0.207. The lowest BCUT2D eigenvalue weighted by Gasteiger charge is -2.30. The van der Waals surface area contributed by atoms with Crippen LogP contribution in [-0.2, 0) is 5.75 Å². The molecule has 0 saturated carbocycles. The number of thioether (sulfide) groups is 1. The van der Waals surface area contributed by atoms with E-state index in [0.717, 1.165) is 23.8 Å². The molecular formula is C32H44OS. The molecule has 0 radical (unpaired) electrons. The van der Waals surface area contributed by atoms with Crippen molar-refractivity contribution in [3.63, 3.8) is 0 Å². The number of rotatable bonds is 12. The summed E-state index contributed by atoms with van der Waals surface area (Å²) < 4.78 is 6.48. The van der Waals surface area contributed by atoms with Gasteiger partial charge in [0.1, 0.15) is 11.4 Å². The van der Waals surface area contributed by atoms with Crippen molar-refractivity contribution in [2.75, 3.05) is 0 Å². The van der Waals surface area contributed by atoms with Gasteiger partial charge in [0.2, 0.25) is 0 Å². The van der Waals surface area contributed by atoms with Crippen LogP contribution < -0.4 is 4.74 Å². The molecule has 0 amide bonds. The third-order valence-corrected chi connectivity index (χ3v) is 8.26. The maximum atomic E-state index is 6.48. The number of benzene rings is 3. The molecule has 0 bridgehead atoms. The highest BCUT2D eigenvalue weighted by atomic mass is 32.2. The molecule has 184 valence electrons. The Bertz CT molecular complexity index is 1020. The van der Waals surface area contributed by atoms with Gasteiger partial charge in [-0.1, -0.05) is 95.6 Å². The lowest BCUT2D eigenvalue weighted by Crippen LogP contribution is -2.31. The van der Waals surface area contributed by atoms with Gasteiger partial charge in [0.05, 0.1) is 0 Å². The van der Waals surface area contributed by atoms with Crippen molar-refractivity contribution < 1.29 is 4.74 Å². The fourth-order valence-electron chi connectivity index (χ4n) is 4.94. The Kier molecular flexibility index (Phi) is 9.54. The second-order valence-corrected chi connectivity index (χ2v) is 12.4. The first-order valence-corrected chi connectivity index (χ1v) is 14.1. The van der Waals surface area contributed by atoms with Crippen LogP contribution in [0.4, 0.5) is 0 Å². The molecule has 3 rings (SSSR count). The summed E-state index contributed by atoms with van der Waals surface area (Å²) in [6, 6.07) is 24.2. The van der Waals surface area contributed by atoms with E-state index < -0.39 is 0 Å². The summed E-state index contributed by atoms with van der Waals surface area (Å²) in [4.78, 5) is 0. The molecular weight excluding hydrogens is 432 g/mol. The first kappa shape index (κ1) is 26.7. The topological polar surface area (TPSA) is 9.23 Å². The largest absolute Gasteiger partial charge is 0.488 e. The smallest absolute Gasteiger partial charge is 0.120 e. The maximum absolute atomic E-state index is 6.48. The zero-order valence-electron chi connectivity index (χ0n) is 22.3. The van der Waals surface area contributed by atoms with Crippen molar-refractivity contribution in [3.8, 4) is 5.75 Å². The van der Waals surface area contributed by atoms with E-state index in [1.807, 2.05) is 11.8 Å². The fourth-order valence-corrected chi connectivity index (χ4v) is 6.17. The monoisotopic (exact) mass is 476 g/mol. The molecule has 0 aliphatic carbocycles. The average molecular weight is 477 g/mol. The average Bonchev–Trinajstić information content (AvgIpc) is 2.80. The van der Waals surface area contributed by atoms with Crippen molar-refractivity contribution in [1.82, 2.24) is 0 Å². The molecule has 34 heavy (non-hydrogen) atoms. The number of fused-ring (bicyclic) bond motifs is 1. The van der Waals surface area contributed by atoms with Gasteiger partial charge in [0.15, 0.2) is 0 Å². The second-order valence-electron chi connectivity index (χ2n) is 11.0. The summed E-state index contributed by atoms with van der Waals surface area (Å²) in [6.45, 7) is 16.1. The molecule has 3 unspecified atom stereocenters. The Morgan fingerprint density at radius 2 is 1.53 bits per heavy atom. The first-order chi connectivity index (χ1) is 16.2. The molecule has 0 N–H and O–H groups in total. The molecule has 0 heterocycles. The van der Waals surface area contributed by atoms with E-state index in [1.54, 1.807) is 0 Å². The highest BCUT2D eigenvalue weighted by Crippen LogP contribution is 2.34. The Hall–Kier alpha value is -1.93. The number of hydrogen-bond acceptors (Lipinski definition) is 2. The highest BCUT2D eigenvalue weighted by molar-refractivity contribution is 7.99. The Morgan fingerprint density at radius 3 is 2.21 bits per heavy atom. The number of hydrogen-bond donors (Lipinski definition) is 0. The molecule has 3 aromatic rings. The summed E-state index contributed by atoms with van der Waals surface area (Å²) in [5.41, 5.74) is 2.65. The summed E-state index contributed by atoms with van der Waals surface area (Å²) >= 11 is 2.02. The van der Waals surface area contributed by atoms with Gasteiger partial charge in [0, 0.05) is 11.0 Å².